The summed E-state index contributed by atoms with van der Waals surface area (Å²) in [6.07, 6.45) is 3.45. The second-order valence-electron chi connectivity index (χ2n) is 7.21. The van der Waals surface area contributed by atoms with Gasteiger partial charge >= 0.3 is 6.09 Å². The van der Waals surface area contributed by atoms with Crippen LogP contribution >= 0.6 is 0 Å². The lowest BCUT2D eigenvalue weighted by Crippen LogP contribution is -2.52. The van der Waals surface area contributed by atoms with Gasteiger partial charge in [-0.2, -0.15) is 5.10 Å². The summed E-state index contributed by atoms with van der Waals surface area (Å²) >= 11 is 0. The molecule has 0 unspecified atom stereocenters. The third-order valence-electron chi connectivity index (χ3n) is 4.02. The molecule has 1 aromatic carbocycles. The number of amides is 1. The first-order valence-corrected chi connectivity index (χ1v) is 8.23. The van der Waals surface area contributed by atoms with E-state index >= 15 is 0 Å². The number of nitrogens with zero attached hydrogens (tertiary/aromatic N) is 3. The molecule has 7 nitrogen and oxygen atoms in total. The molecule has 2 aromatic rings. The van der Waals surface area contributed by atoms with Crippen molar-refractivity contribution < 1.29 is 14.3 Å². The molecule has 1 aromatic heterocycles. The first kappa shape index (κ1) is 17.1. The Morgan fingerprint density at radius 1 is 1.32 bits per heavy atom. The summed E-state index contributed by atoms with van der Waals surface area (Å²) in [5, 5.41) is 4.43. The van der Waals surface area contributed by atoms with E-state index in [-0.39, 0.29) is 12.1 Å². The van der Waals surface area contributed by atoms with Gasteiger partial charge in [-0.25, -0.2) is 4.79 Å². The maximum absolute atomic E-state index is 12.0. The summed E-state index contributed by atoms with van der Waals surface area (Å²) in [5.41, 5.74) is 7.90. The molecule has 1 amide bonds. The van der Waals surface area contributed by atoms with E-state index < -0.39 is 5.60 Å². The lowest BCUT2D eigenvalue weighted by atomic mass is 10.1. The van der Waals surface area contributed by atoms with Gasteiger partial charge in [0.2, 0.25) is 0 Å². The number of likely N-dealkylation sites (tertiary alicyclic amines) is 1. The van der Waals surface area contributed by atoms with Crippen molar-refractivity contribution in [2.45, 2.75) is 32.4 Å². The summed E-state index contributed by atoms with van der Waals surface area (Å²) in [7, 11) is 1.63. The van der Waals surface area contributed by atoms with Crippen LogP contribution in [0.15, 0.2) is 30.6 Å². The highest BCUT2D eigenvalue weighted by Crippen LogP contribution is 2.33. The maximum atomic E-state index is 12.0. The van der Waals surface area contributed by atoms with Crippen LogP contribution in [0.25, 0.3) is 11.1 Å². The van der Waals surface area contributed by atoms with Crippen LogP contribution in [0.1, 0.15) is 26.8 Å². The second kappa shape index (κ2) is 6.31. The highest BCUT2D eigenvalue weighted by atomic mass is 16.6. The molecule has 0 aliphatic carbocycles. The lowest BCUT2D eigenvalue weighted by molar-refractivity contribution is -0.000380. The van der Waals surface area contributed by atoms with Gasteiger partial charge in [0.05, 0.1) is 19.3 Å². The highest BCUT2D eigenvalue weighted by molar-refractivity contribution is 5.73. The standard InChI is InChI=1S/C18H24N4O3/c1-18(2,3)25-17(23)21-10-14(11-21)22-9-12(8-20-22)15-7-13(19)5-6-16(15)24-4/h5-9,14H,10-11,19H2,1-4H3. The van der Waals surface area contributed by atoms with E-state index in [2.05, 4.69) is 5.10 Å². The lowest BCUT2D eigenvalue weighted by Gasteiger charge is -2.39. The van der Waals surface area contributed by atoms with E-state index in [4.69, 9.17) is 15.2 Å². The Hall–Kier alpha value is -2.70. The van der Waals surface area contributed by atoms with Gasteiger partial charge in [0.15, 0.2) is 0 Å². The number of benzene rings is 1. The minimum absolute atomic E-state index is 0.147. The molecule has 0 saturated carbocycles. The zero-order valence-corrected chi connectivity index (χ0v) is 15.0. The number of carbonyl (C=O) groups excluding carboxylic acids is 1. The average Bonchev–Trinajstić information content (AvgIpc) is 2.93. The number of nitrogen functional groups attached to an aromatic ring is 1. The molecule has 0 atom stereocenters. The van der Waals surface area contributed by atoms with Crippen LogP contribution in [0, 0.1) is 0 Å². The fourth-order valence-electron chi connectivity index (χ4n) is 2.73. The second-order valence-corrected chi connectivity index (χ2v) is 7.21. The predicted octanol–water partition coefficient (Wildman–Crippen LogP) is 2.93. The van der Waals surface area contributed by atoms with Crippen molar-refractivity contribution in [1.82, 2.24) is 14.7 Å². The Kier molecular flexibility index (Phi) is 4.32. The Morgan fingerprint density at radius 2 is 2.04 bits per heavy atom. The van der Waals surface area contributed by atoms with Gasteiger partial charge < -0.3 is 20.1 Å². The predicted molar refractivity (Wildman–Crippen MR) is 95.5 cm³/mol. The third-order valence-corrected chi connectivity index (χ3v) is 4.02. The molecular weight excluding hydrogens is 320 g/mol. The maximum Gasteiger partial charge on any atom is 0.410 e. The van der Waals surface area contributed by atoms with E-state index in [0.717, 1.165) is 16.9 Å². The summed E-state index contributed by atoms with van der Waals surface area (Å²) in [5.74, 6) is 0.748. The molecule has 0 radical (unpaired) electrons. The van der Waals surface area contributed by atoms with Crippen molar-refractivity contribution in [2.75, 3.05) is 25.9 Å². The van der Waals surface area contributed by atoms with Crippen LogP contribution in [0.3, 0.4) is 0 Å². The average molecular weight is 344 g/mol. The van der Waals surface area contributed by atoms with Gasteiger partial charge in [-0.3, -0.25) is 4.68 Å². The molecule has 134 valence electrons. The Balaban J connectivity index is 1.68. The van der Waals surface area contributed by atoms with Crippen LogP contribution in [0.4, 0.5) is 10.5 Å². The van der Waals surface area contributed by atoms with Crippen molar-refractivity contribution >= 4 is 11.8 Å². The number of ether oxygens (including phenoxy) is 2. The SMILES string of the molecule is COc1ccc(N)cc1-c1cnn(C2CN(C(=O)OC(C)(C)C)C2)c1. The summed E-state index contributed by atoms with van der Waals surface area (Å²) in [6.45, 7) is 6.76. The van der Waals surface area contributed by atoms with Crippen molar-refractivity contribution in [3.8, 4) is 16.9 Å². The molecule has 1 saturated heterocycles. The number of anilines is 1. The molecular formula is C18H24N4O3. The minimum Gasteiger partial charge on any atom is -0.496 e. The summed E-state index contributed by atoms with van der Waals surface area (Å²) in [6, 6.07) is 5.66. The molecule has 2 N–H and O–H groups in total. The van der Waals surface area contributed by atoms with Crippen LogP contribution in [-0.4, -0.2) is 46.6 Å². The molecule has 25 heavy (non-hydrogen) atoms. The fourth-order valence-corrected chi connectivity index (χ4v) is 2.73. The van der Waals surface area contributed by atoms with E-state index in [1.165, 1.54) is 0 Å². The van der Waals surface area contributed by atoms with Crippen molar-refractivity contribution in [3.63, 3.8) is 0 Å². The minimum atomic E-state index is -0.481. The van der Waals surface area contributed by atoms with Crippen molar-refractivity contribution in [1.29, 1.82) is 0 Å². The smallest absolute Gasteiger partial charge is 0.410 e. The molecule has 1 fully saturated rings. The van der Waals surface area contributed by atoms with E-state index in [1.54, 1.807) is 24.3 Å². The largest absolute Gasteiger partial charge is 0.496 e. The van der Waals surface area contributed by atoms with Crippen LogP contribution in [0.5, 0.6) is 5.75 Å². The van der Waals surface area contributed by atoms with Crippen LogP contribution in [-0.2, 0) is 4.74 Å². The summed E-state index contributed by atoms with van der Waals surface area (Å²) < 4.78 is 12.6. The van der Waals surface area contributed by atoms with Crippen LogP contribution < -0.4 is 10.5 Å². The highest BCUT2D eigenvalue weighted by Gasteiger charge is 2.35. The van der Waals surface area contributed by atoms with Gasteiger partial charge in [0.25, 0.3) is 0 Å². The van der Waals surface area contributed by atoms with Crippen LogP contribution in [0.2, 0.25) is 0 Å². The Labute approximate surface area is 147 Å². The van der Waals surface area contributed by atoms with Crippen molar-refractivity contribution in [2.24, 2.45) is 0 Å². The van der Waals surface area contributed by atoms with E-state index in [1.807, 2.05) is 43.8 Å². The van der Waals surface area contributed by atoms with Gasteiger partial charge in [-0.1, -0.05) is 0 Å². The topological polar surface area (TPSA) is 82.6 Å². The number of aromatic nitrogens is 2. The normalized spacial score (nSPS) is 15.0. The monoisotopic (exact) mass is 344 g/mol. The number of nitrogens with two attached hydrogens (primary N) is 1. The number of hydrogen-bond donors (Lipinski definition) is 1. The quantitative estimate of drug-likeness (QED) is 0.866. The van der Waals surface area contributed by atoms with Crippen molar-refractivity contribution in [3.05, 3.63) is 30.6 Å². The number of methoxy groups -OCH3 is 1. The first-order valence-electron chi connectivity index (χ1n) is 8.23. The summed E-state index contributed by atoms with van der Waals surface area (Å²) in [4.78, 5) is 13.7. The van der Waals surface area contributed by atoms with E-state index in [9.17, 15) is 4.79 Å². The third kappa shape index (κ3) is 3.70. The van der Waals surface area contributed by atoms with Gasteiger partial charge in [-0.05, 0) is 39.0 Å². The number of hydrogen-bond acceptors (Lipinski definition) is 5. The fraction of sp³-hybridized carbons (Fsp3) is 0.444. The van der Waals surface area contributed by atoms with Gasteiger partial charge in [-0.15, -0.1) is 0 Å². The molecule has 2 heterocycles. The molecule has 0 spiro atoms. The number of carbonyl (C=O) groups is 1. The Morgan fingerprint density at radius 3 is 2.68 bits per heavy atom. The van der Waals surface area contributed by atoms with E-state index in [0.29, 0.717) is 18.8 Å². The molecule has 3 rings (SSSR count). The Bertz CT molecular complexity index is 773. The number of rotatable bonds is 3. The zero-order chi connectivity index (χ0) is 18.2. The first-order chi connectivity index (χ1) is 11.8. The molecule has 1 aliphatic rings. The zero-order valence-electron chi connectivity index (χ0n) is 15.0. The van der Waals surface area contributed by atoms with Gasteiger partial charge in [0.1, 0.15) is 11.4 Å². The molecule has 0 bridgehead atoms. The molecule has 7 heteroatoms. The van der Waals surface area contributed by atoms with Gasteiger partial charge in [0, 0.05) is 36.1 Å². The molecule has 1 aliphatic heterocycles.